The van der Waals surface area contributed by atoms with E-state index in [4.69, 9.17) is 4.74 Å². The molecule has 2 aliphatic rings. The van der Waals surface area contributed by atoms with Crippen LogP contribution in [0.5, 0.6) is 0 Å². The lowest BCUT2D eigenvalue weighted by Gasteiger charge is -2.01. The molecule has 1 heteroatoms. The molecule has 0 aromatic heterocycles. The fourth-order valence-electron chi connectivity index (χ4n) is 2.18. The van der Waals surface area contributed by atoms with Crippen molar-refractivity contribution in [2.75, 3.05) is 6.61 Å². The molecule has 0 N–H and O–H groups in total. The van der Waals surface area contributed by atoms with Crippen LogP contribution in [0.3, 0.4) is 0 Å². The molecule has 0 saturated carbocycles. The molecule has 1 aromatic carbocycles. The zero-order chi connectivity index (χ0) is 7.97. The fraction of sp³-hybridized carbons (Fsp3) is 0.455. The summed E-state index contributed by atoms with van der Waals surface area (Å²) in [5.41, 5.74) is 3.08. The van der Waals surface area contributed by atoms with Crippen LogP contribution in [0.15, 0.2) is 24.3 Å². The van der Waals surface area contributed by atoms with Crippen molar-refractivity contribution in [3.05, 3.63) is 35.4 Å². The Morgan fingerprint density at radius 3 is 2.17 bits per heavy atom. The number of rotatable bonds is 1. The molecule has 1 heterocycles. The Morgan fingerprint density at radius 2 is 1.67 bits per heavy atom. The van der Waals surface area contributed by atoms with E-state index in [1.165, 1.54) is 24.0 Å². The first-order valence-electron chi connectivity index (χ1n) is 4.62. The molecule has 0 unspecified atom stereocenters. The molecule has 3 rings (SSSR count). The van der Waals surface area contributed by atoms with E-state index in [-0.39, 0.29) is 0 Å². The zero-order valence-electron chi connectivity index (χ0n) is 6.99. The van der Waals surface area contributed by atoms with Crippen LogP contribution in [0, 0.1) is 5.92 Å². The topological polar surface area (TPSA) is 12.5 Å². The Morgan fingerprint density at radius 1 is 1.08 bits per heavy atom. The van der Waals surface area contributed by atoms with Gasteiger partial charge in [0.1, 0.15) is 0 Å². The zero-order valence-corrected chi connectivity index (χ0v) is 6.99. The monoisotopic (exact) mass is 160 g/mol. The molecule has 62 valence electrons. The summed E-state index contributed by atoms with van der Waals surface area (Å²) in [6.07, 6.45) is 3.05. The number of ether oxygens (including phenoxy) is 1. The second kappa shape index (κ2) is 2.33. The minimum atomic E-state index is 0.581. The molecule has 1 fully saturated rings. The third-order valence-electron chi connectivity index (χ3n) is 2.97. The van der Waals surface area contributed by atoms with Crippen molar-refractivity contribution in [2.45, 2.75) is 18.9 Å². The van der Waals surface area contributed by atoms with Crippen LogP contribution in [0.25, 0.3) is 0 Å². The predicted octanol–water partition coefficient (Wildman–Crippen LogP) is 1.80. The minimum Gasteiger partial charge on any atom is -0.373 e. The van der Waals surface area contributed by atoms with Gasteiger partial charge in [-0.3, -0.25) is 0 Å². The fourth-order valence-corrected chi connectivity index (χ4v) is 2.18. The molecule has 12 heavy (non-hydrogen) atoms. The van der Waals surface area contributed by atoms with Gasteiger partial charge in [-0.25, -0.2) is 0 Å². The van der Waals surface area contributed by atoms with Gasteiger partial charge in [-0.15, -0.1) is 0 Å². The maximum absolute atomic E-state index is 5.32. The standard InChI is InChI=1S/C11H12O/c1-2-4-9-6-10(11-7-12-11)5-8(9)3-1/h1-4,10-11H,5-7H2/t11-/m0/s1. The van der Waals surface area contributed by atoms with Crippen molar-refractivity contribution >= 4 is 0 Å². The van der Waals surface area contributed by atoms with Crippen LogP contribution in [0.2, 0.25) is 0 Å². The van der Waals surface area contributed by atoms with Crippen LogP contribution in [-0.2, 0) is 17.6 Å². The summed E-state index contributed by atoms with van der Waals surface area (Å²) in [6, 6.07) is 8.76. The highest BCUT2D eigenvalue weighted by Gasteiger charge is 2.36. The molecule has 0 radical (unpaired) electrons. The Bertz CT molecular complexity index is 277. The van der Waals surface area contributed by atoms with E-state index in [1.54, 1.807) is 0 Å². The van der Waals surface area contributed by atoms with Crippen molar-refractivity contribution in [3.63, 3.8) is 0 Å². The van der Waals surface area contributed by atoms with Crippen molar-refractivity contribution in [3.8, 4) is 0 Å². The van der Waals surface area contributed by atoms with Gasteiger partial charge in [-0.1, -0.05) is 24.3 Å². The van der Waals surface area contributed by atoms with Gasteiger partial charge in [0.05, 0.1) is 12.7 Å². The minimum absolute atomic E-state index is 0.581. The van der Waals surface area contributed by atoms with Crippen molar-refractivity contribution < 1.29 is 4.74 Å². The molecular weight excluding hydrogens is 148 g/mol. The Labute approximate surface area is 72.4 Å². The van der Waals surface area contributed by atoms with E-state index in [0.29, 0.717) is 6.10 Å². The summed E-state index contributed by atoms with van der Waals surface area (Å²) in [5, 5.41) is 0. The molecule has 1 aliphatic heterocycles. The average Bonchev–Trinajstić information content (AvgIpc) is 2.85. The first-order chi connectivity index (χ1) is 5.93. The smallest absolute Gasteiger partial charge is 0.0844 e. The number of benzene rings is 1. The van der Waals surface area contributed by atoms with E-state index in [0.717, 1.165) is 12.5 Å². The van der Waals surface area contributed by atoms with Gasteiger partial charge < -0.3 is 4.74 Å². The SMILES string of the molecule is c1ccc2c(c1)CC([C@@H]1CO1)C2. The molecule has 1 atom stereocenters. The quantitative estimate of drug-likeness (QED) is 0.571. The van der Waals surface area contributed by atoms with Crippen LogP contribution in [0.4, 0.5) is 0 Å². The normalized spacial score (nSPS) is 27.2. The molecule has 1 aromatic rings. The van der Waals surface area contributed by atoms with Gasteiger partial charge in [-0.2, -0.15) is 0 Å². The second-order valence-electron chi connectivity index (χ2n) is 3.81. The van der Waals surface area contributed by atoms with Crippen molar-refractivity contribution in [2.24, 2.45) is 5.92 Å². The maximum Gasteiger partial charge on any atom is 0.0844 e. The summed E-state index contributed by atoms with van der Waals surface area (Å²) >= 11 is 0. The Hall–Kier alpha value is -0.820. The van der Waals surface area contributed by atoms with Gasteiger partial charge in [0, 0.05) is 0 Å². The van der Waals surface area contributed by atoms with E-state index in [1.807, 2.05) is 0 Å². The molecule has 0 spiro atoms. The third-order valence-corrected chi connectivity index (χ3v) is 2.97. The molecule has 0 bridgehead atoms. The van der Waals surface area contributed by atoms with Crippen molar-refractivity contribution in [1.29, 1.82) is 0 Å². The van der Waals surface area contributed by atoms with Gasteiger partial charge in [0.25, 0.3) is 0 Å². The average molecular weight is 160 g/mol. The lowest BCUT2D eigenvalue weighted by molar-refractivity contribution is 0.335. The van der Waals surface area contributed by atoms with Crippen LogP contribution < -0.4 is 0 Å². The first kappa shape index (κ1) is 6.67. The van der Waals surface area contributed by atoms with E-state index in [9.17, 15) is 0 Å². The van der Waals surface area contributed by atoms with Gasteiger partial charge in [0.15, 0.2) is 0 Å². The molecule has 1 aliphatic carbocycles. The summed E-state index contributed by atoms with van der Waals surface area (Å²) in [4.78, 5) is 0. The molecule has 0 amide bonds. The molecule has 1 saturated heterocycles. The number of fused-ring (bicyclic) bond motifs is 1. The Kier molecular flexibility index (Phi) is 1.30. The summed E-state index contributed by atoms with van der Waals surface area (Å²) in [5.74, 6) is 0.780. The summed E-state index contributed by atoms with van der Waals surface area (Å²) < 4.78 is 5.32. The first-order valence-corrected chi connectivity index (χ1v) is 4.62. The van der Waals surface area contributed by atoms with Crippen LogP contribution in [0.1, 0.15) is 11.1 Å². The van der Waals surface area contributed by atoms with Crippen LogP contribution in [-0.4, -0.2) is 12.7 Å². The second-order valence-corrected chi connectivity index (χ2v) is 3.81. The lowest BCUT2D eigenvalue weighted by Crippen LogP contribution is -2.07. The number of epoxide rings is 1. The van der Waals surface area contributed by atoms with Crippen LogP contribution >= 0.6 is 0 Å². The largest absolute Gasteiger partial charge is 0.373 e. The number of hydrogen-bond donors (Lipinski definition) is 0. The maximum atomic E-state index is 5.32. The van der Waals surface area contributed by atoms with E-state index >= 15 is 0 Å². The highest BCUT2D eigenvalue weighted by atomic mass is 16.6. The lowest BCUT2D eigenvalue weighted by atomic mass is 10.0. The number of hydrogen-bond acceptors (Lipinski definition) is 1. The molecular formula is C11H12O. The van der Waals surface area contributed by atoms with Gasteiger partial charge in [-0.05, 0) is 29.9 Å². The van der Waals surface area contributed by atoms with E-state index in [2.05, 4.69) is 24.3 Å². The van der Waals surface area contributed by atoms with Gasteiger partial charge >= 0.3 is 0 Å². The van der Waals surface area contributed by atoms with Gasteiger partial charge in [0.2, 0.25) is 0 Å². The molecule has 1 nitrogen and oxygen atoms in total. The van der Waals surface area contributed by atoms with Crippen molar-refractivity contribution in [1.82, 2.24) is 0 Å². The highest BCUT2D eigenvalue weighted by molar-refractivity contribution is 5.32. The summed E-state index contributed by atoms with van der Waals surface area (Å²) in [6.45, 7) is 0.999. The predicted molar refractivity (Wildman–Crippen MR) is 47.1 cm³/mol. The Balaban J connectivity index is 1.89. The van der Waals surface area contributed by atoms with E-state index < -0.39 is 0 Å². The summed E-state index contributed by atoms with van der Waals surface area (Å²) in [7, 11) is 0. The third kappa shape index (κ3) is 0.969. The highest BCUT2D eigenvalue weighted by Crippen LogP contribution is 2.34.